The van der Waals surface area contributed by atoms with Crippen LogP contribution in [0, 0.1) is 11.8 Å². The molecule has 1 heterocycles. The molecule has 0 unspecified atom stereocenters. The van der Waals surface area contributed by atoms with E-state index < -0.39 is 6.04 Å². The number of rotatable bonds is 9. The number of thiazole rings is 1. The number of thioether (sulfide) groups is 1. The predicted octanol–water partition coefficient (Wildman–Crippen LogP) is 5.35. The summed E-state index contributed by atoms with van der Waals surface area (Å²) >= 11 is 3.39. The molecule has 4 rings (SSSR count). The molecule has 1 amide bonds. The molecule has 9 nitrogen and oxygen atoms in total. The summed E-state index contributed by atoms with van der Waals surface area (Å²) in [5.74, 6) is 1.30. The average Bonchev–Trinajstić information content (AvgIpc) is 3.06. The van der Waals surface area contributed by atoms with Crippen molar-refractivity contribution in [1.82, 2.24) is 10.3 Å². The normalized spacial score (nSPS) is 14.1. The highest BCUT2D eigenvalue weighted by Gasteiger charge is 2.30. The van der Waals surface area contributed by atoms with Gasteiger partial charge in [-0.05, 0) is 60.9 Å². The van der Waals surface area contributed by atoms with Gasteiger partial charge in [0.05, 0.1) is 56.3 Å². The Hall–Kier alpha value is -3.09. The van der Waals surface area contributed by atoms with Crippen molar-refractivity contribution < 1.29 is 19.0 Å². The summed E-state index contributed by atoms with van der Waals surface area (Å²) in [6.45, 7) is 1.80. The molecule has 0 aliphatic heterocycles. The molecule has 1 N–H and O–H groups in total. The van der Waals surface area contributed by atoms with Gasteiger partial charge >= 0.3 is 0 Å². The summed E-state index contributed by atoms with van der Waals surface area (Å²) in [4.78, 5) is 42.6. The predicted molar refractivity (Wildman–Crippen MR) is 151 cm³/mol. The average molecular weight is 574 g/mol. The van der Waals surface area contributed by atoms with Crippen LogP contribution >= 0.6 is 35.0 Å². The van der Waals surface area contributed by atoms with Gasteiger partial charge < -0.3 is 19.5 Å². The molecule has 1 atom stereocenters. The number of methoxy groups -OCH3 is 3. The Morgan fingerprint density at radius 2 is 1.95 bits per heavy atom. The van der Waals surface area contributed by atoms with Crippen LogP contribution in [0.3, 0.4) is 0 Å². The minimum atomic E-state index is -0.430. The van der Waals surface area contributed by atoms with Crippen molar-refractivity contribution in [1.29, 1.82) is 0 Å². The van der Waals surface area contributed by atoms with E-state index in [0.717, 1.165) is 33.5 Å². The standard InChI is InChI=1S/C26H27N3O6S3/c1-13-21(37-26(27-13)38-29-32)12-22(31)28-17-8-6-14-10-19(33-2)24(34-3)25(35-4)23(14)15-7-9-20(36-5)18(30)11-16(15)17/h7,9-11,17H,6,8,12H2,1-5H3,(H,28,31)/t17-/m0/s1. The maximum atomic E-state index is 13.2. The maximum Gasteiger partial charge on any atom is 0.225 e. The van der Waals surface area contributed by atoms with Crippen LogP contribution < -0.4 is 25.0 Å². The lowest BCUT2D eigenvalue weighted by Crippen LogP contribution is -2.30. The molecule has 0 saturated heterocycles. The number of nitrogens with zero attached hydrogens (tertiary/aromatic N) is 2. The van der Waals surface area contributed by atoms with Gasteiger partial charge in [-0.1, -0.05) is 6.07 Å². The number of carbonyl (C=O) groups is 1. The van der Waals surface area contributed by atoms with E-state index in [2.05, 4.69) is 14.9 Å². The molecule has 200 valence electrons. The SMILES string of the molecule is COc1cc2c(c(OC)c1OC)-c1ccc(SC)c(=O)cc1[C@@H](NC(=O)Cc1sc(SN=O)nc1C)CC2. The number of nitroso groups, excluding NO2 is 1. The van der Waals surface area contributed by atoms with E-state index in [1.165, 1.54) is 23.1 Å². The summed E-state index contributed by atoms with van der Waals surface area (Å²) in [6.07, 6.45) is 3.12. The van der Waals surface area contributed by atoms with E-state index in [1.807, 2.05) is 18.4 Å². The largest absolute Gasteiger partial charge is 0.493 e. The van der Waals surface area contributed by atoms with E-state index in [9.17, 15) is 14.5 Å². The smallest absolute Gasteiger partial charge is 0.225 e. The number of hydrogen-bond acceptors (Lipinski definition) is 11. The molecule has 3 aromatic rings. The summed E-state index contributed by atoms with van der Waals surface area (Å²) in [7, 11) is 4.69. The third-order valence-electron chi connectivity index (χ3n) is 6.37. The zero-order valence-electron chi connectivity index (χ0n) is 21.6. The van der Waals surface area contributed by atoms with Gasteiger partial charge in [-0.3, -0.25) is 9.59 Å². The third kappa shape index (κ3) is 5.52. The summed E-state index contributed by atoms with van der Waals surface area (Å²) in [5, 5.41) is 3.14. The molecule has 0 saturated carbocycles. The van der Waals surface area contributed by atoms with Crippen molar-refractivity contribution in [2.75, 3.05) is 27.6 Å². The molecule has 2 aromatic carbocycles. The van der Waals surface area contributed by atoms with E-state index in [0.29, 0.717) is 50.6 Å². The van der Waals surface area contributed by atoms with Crippen LogP contribution in [-0.4, -0.2) is 38.5 Å². The van der Waals surface area contributed by atoms with Crippen molar-refractivity contribution >= 4 is 41.0 Å². The van der Waals surface area contributed by atoms with Crippen LogP contribution in [0.1, 0.15) is 34.2 Å². The molecular formula is C26H27N3O6S3. The fourth-order valence-corrected chi connectivity index (χ4v) is 6.68. The van der Waals surface area contributed by atoms with Gasteiger partial charge in [-0.2, -0.15) is 0 Å². The zero-order chi connectivity index (χ0) is 27.4. The second-order valence-corrected chi connectivity index (χ2v) is 11.4. The number of ether oxygens (including phenoxy) is 3. The van der Waals surface area contributed by atoms with Crippen LogP contribution in [-0.2, 0) is 17.6 Å². The number of benzene rings is 1. The van der Waals surface area contributed by atoms with E-state index >= 15 is 0 Å². The Bertz CT molecular complexity index is 1440. The molecule has 0 radical (unpaired) electrons. The lowest BCUT2D eigenvalue weighted by Gasteiger charge is -2.20. The van der Waals surface area contributed by atoms with Gasteiger partial charge in [0, 0.05) is 15.0 Å². The highest BCUT2D eigenvalue weighted by molar-refractivity contribution is 7.99. The summed E-state index contributed by atoms with van der Waals surface area (Å²) in [5.41, 5.74) is 3.82. The monoisotopic (exact) mass is 573 g/mol. The Morgan fingerprint density at radius 1 is 1.18 bits per heavy atom. The van der Waals surface area contributed by atoms with Crippen LogP contribution in [0.4, 0.5) is 0 Å². The molecule has 0 spiro atoms. The molecule has 1 aliphatic rings. The number of aromatic nitrogens is 1. The Labute approximate surface area is 232 Å². The Morgan fingerprint density at radius 3 is 2.61 bits per heavy atom. The van der Waals surface area contributed by atoms with Gasteiger partial charge in [0.2, 0.25) is 11.7 Å². The van der Waals surface area contributed by atoms with Gasteiger partial charge in [-0.25, -0.2) is 4.98 Å². The minimum Gasteiger partial charge on any atom is -0.493 e. The van der Waals surface area contributed by atoms with Crippen molar-refractivity contribution in [3.8, 4) is 28.4 Å². The van der Waals surface area contributed by atoms with Crippen LogP contribution in [0.25, 0.3) is 11.1 Å². The zero-order valence-corrected chi connectivity index (χ0v) is 24.0. The maximum absolute atomic E-state index is 13.2. The summed E-state index contributed by atoms with van der Waals surface area (Å²) in [6, 6.07) is 6.81. The second-order valence-electron chi connectivity index (χ2n) is 8.45. The summed E-state index contributed by atoms with van der Waals surface area (Å²) < 4.78 is 20.4. The van der Waals surface area contributed by atoms with Crippen LogP contribution in [0.2, 0.25) is 0 Å². The van der Waals surface area contributed by atoms with Crippen molar-refractivity contribution in [2.45, 2.75) is 41.5 Å². The highest BCUT2D eigenvalue weighted by atomic mass is 32.2. The van der Waals surface area contributed by atoms with Crippen molar-refractivity contribution in [3.63, 3.8) is 0 Å². The van der Waals surface area contributed by atoms with Gasteiger partial charge in [0.1, 0.15) is 0 Å². The number of amides is 1. The highest BCUT2D eigenvalue weighted by Crippen LogP contribution is 2.50. The molecule has 1 aliphatic carbocycles. The quantitative estimate of drug-likeness (QED) is 0.205. The Kier molecular flexibility index (Phi) is 8.95. The molecule has 1 aromatic heterocycles. The number of carbonyl (C=O) groups excluding carboxylic acids is 1. The number of nitrogens with one attached hydrogen (secondary N) is 1. The fraction of sp³-hybridized carbons (Fsp3) is 0.346. The van der Waals surface area contributed by atoms with Crippen LogP contribution in [0.15, 0.2) is 42.9 Å². The van der Waals surface area contributed by atoms with Gasteiger partial charge in [0.25, 0.3) is 0 Å². The minimum absolute atomic E-state index is 0.103. The number of hydrogen-bond donors (Lipinski definition) is 1. The molecule has 0 bridgehead atoms. The van der Waals surface area contributed by atoms with Gasteiger partial charge in [-0.15, -0.1) is 28.0 Å². The third-order valence-corrected chi connectivity index (χ3v) is 8.89. The number of aryl methyl sites for hydroxylation is 2. The first-order valence-electron chi connectivity index (χ1n) is 11.6. The molecular weight excluding hydrogens is 547 g/mol. The topological polar surface area (TPSA) is 116 Å². The first kappa shape index (κ1) is 27.9. The van der Waals surface area contributed by atoms with Crippen molar-refractivity contribution in [2.24, 2.45) is 4.58 Å². The first-order chi connectivity index (χ1) is 18.3. The van der Waals surface area contributed by atoms with E-state index in [1.54, 1.807) is 40.4 Å². The molecule has 38 heavy (non-hydrogen) atoms. The molecule has 12 heteroatoms. The lowest BCUT2D eigenvalue weighted by atomic mass is 9.95. The van der Waals surface area contributed by atoms with Crippen LogP contribution in [0.5, 0.6) is 17.2 Å². The first-order valence-corrected chi connectivity index (χ1v) is 14.5. The van der Waals surface area contributed by atoms with E-state index in [4.69, 9.17) is 14.2 Å². The number of fused-ring (bicyclic) bond motifs is 3. The van der Waals surface area contributed by atoms with Gasteiger partial charge in [0.15, 0.2) is 21.3 Å². The van der Waals surface area contributed by atoms with Crippen molar-refractivity contribution in [3.05, 3.63) is 61.1 Å². The lowest BCUT2D eigenvalue weighted by molar-refractivity contribution is -0.121. The molecule has 0 fully saturated rings. The Balaban J connectivity index is 1.81. The second kappa shape index (κ2) is 12.2. The fourth-order valence-electron chi connectivity index (χ4n) is 4.64. The van der Waals surface area contributed by atoms with E-state index in [-0.39, 0.29) is 17.8 Å².